The van der Waals surface area contributed by atoms with E-state index in [1.165, 1.54) is 32.1 Å². The second-order valence-corrected chi connectivity index (χ2v) is 6.33. The van der Waals surface area contributed by atoms with Crippen molar-refractivity contribution in [3.8, 4) is 0 Å². The quantitative estimate of drug-likeness (QED) is 0.504. The molecule has 130 valence electrons. The lowest BCUT2D eigenvalue weighted by Gasteiger charge is -2.01. The highest BCUT2D eigenvalue weighted by molar-refractivity contribution is 7.59. The molecule has 0 aromatic heterocycles. The molecule has 0 radical (unpaired) electrons. The van der Waals surface area contributed by atoms with Crippen LogP contribution >= 0.6 is 27.0 Å². The normalized spacial score (nSPS) is 13.5. The Hall–Kier alpha value is 0.700. The summed E-state index contributed by atoms with van der Waals surface area (Å²) in [5.74, 6) is 3.90. The minimum atomic E-state index is 0. The van der Waals surface area contributed by atoms with Crippen molar-refractivity contribution >= 4 is 27.0 Å². The maximum atomic E-state index is 2.36. The lowest BCUT2D eigenvalue weighted by atomic mass is 10.0. The van der Waals surface area contributed by atoms with Gasteiger partial charge in [0.2, 0.25) is 0 Å². The maximum absolute atomic E-state index is 2.36. The smallest absolute Gasteiger partial charge is 0.0388 e. The van der Waals surface area contributed by atoms with Gasteiger partial charge in [-0.05, 0) is 36.5 Å². The minimum Gasteiger partial charge on any atom is -0.197 e. The highest BCUT2D eigenvalue weighted by Gasteiger charge is 2.25. The van der Waals surface area contributed by atoms with Gasteiger partial charge in [-0.15, -0.1) is 0 Å². The summed E-state index contributed by atoms with van der Waals surface area (Å²) in [5.41, 5.74) is 0. The topological polar surface area (TPSA) is 0 Å². The molecule has 2 heteroatoms. The molecule has 1 rings (SSSR count). The Bertz CT molecular complexity index is 132. The van der Waals surface area contributed by atoms with Gasteiger partial charge in [0, 0.05) is 0 Å². The van der Waals surface area contributed by atoms with Crippen LogP contribution in [0.15, 0.2) is 0 Å². The second kappa shape index (κ2) is 22.0. The van der Waals surface area contributed by atoms with Crippen LogP contribution in [0.4, 0.5) is 0 Å². The Kier molecular flexibility index (Phi) is 35.8. The van der Waals surface area contributed by atoms with Crippen LogP contribution in [-0.4, -0.2) is 0 Å². The van der Waals surface area contributed by atoms with Gasteiger partial charge in [0.25, 0.3) is 0 Å². The molecule has 0 spiro atoms. The summed E-state index contributed by atoms with van der Waals surface area (Å²) in [6.45, 7) is 17.9. The van der Waals surface area contributed by atoms with Gasteiger partial charge >= 0.3 is 0 Å². The summed E-state index contributed by atoms with van der Waals surface area (Å²) in [6.07, 6.45) is 7.01. The first-order chi connectivity index (χ1) is 7.88. The summed E-state index contributed by atoms with van der Waals surface area (Å²) in [4.78, 5) is 0. The van der Waals surface area contributed by atoms with Crippen molar-refractivity contribution < 1.29 is 0 Å². The van der Waals surface area contributed by atoms with Gasteiger partial charge in [-0.2, -0.15) is 27.0 Å². The molecular formula is C18H46S2. The molecule has 0 N–H and O–H groups in total. The van der Waals surface area contributed by atoms with E-state index >= 15 is 0 Å². The van der Waals surface area contributed by atoms with E-state index in [4.69, 9.17) is 0 Å². The van der Waals surface area contributed by atoms with Crippen molar-refractivity contribution in [1.82, 2.24) is 0 Å². The van der Waals surface area contributed by atoms with Gasteiger partial charge in [0.15, 0.2) is 0 Å². The molecule has 0 aromatic carbocycles. The predicted octanol–water partition coefficient (Wildman–Crippen LogP) is 7.41. The molecule has 0 saturated heterocycles. The molecule has 1 aliphatic carbocycles. The summed E-state index contributed by atoms with van der Waals surface area (Å²) < 4.78 is 0. The van der Waals surface area contributed by atoms with Gasteiger partial charge in [0.05, 0.1) is 0 Å². The Balaban J connectivity index is -0.0000000536. The van der Waals surface area contributed by atoms with Crippen molar-refractivity contribution in [2.45, 2.75) is 94.9 Å². The van der Waals surface area contributed by atoms with Crippen LogP contribution in [0.2, 0.25) is 0 Å². The molecule has 0 heterocycles. The van der Waals surface area contributed by atoms with Crippen LogP contribution in [0.3, 0.4) is 0 Å². The number of hydrogen-bond donors (Lipinski definition) is 0. The summed E-state index contributed by atoms with van der Waals surface area (Å²) in [5, 5.41) is 0. The molecular weight excluding hydrogens is 280 g/mol. The number of hydrogen-bond acceptors (Lipinski definition) is 0. The molecule has 0 aliphatic heterocycles. The third-order valence-electron chi connectivity index (χ3n) is 3.70. The predicted molar refractivity (Wildman–Crippen MR) is 110 cm³/mol. The molecule has 1 atom stereocenters. The summed E-state index contributed by atoms with van der Waals surface area (Å²) >= 11 is 0. The van der Waals surface area contributed by atoms with E-state index in [1.807, 2.05) is 0 Å². The van der Waals surface area contributed by atoms with Crippen LogP contribution in [0.5, 0.6) is 0 Å². The molecule has 1 saturated carbocycles. The largest absolute Gasteiger partial charge is 0.197 e. The van der Waals surface area contributed by atoms with E-state index in [0.29, 0.717) is 0 Å². The SMILES string of the molecule is C.CCC(C)C.CCC(C)C.CC[C@@H](C)C1CC1.S.S. The first-order valence-corrected chi connectivity index (χ1v) is 7.88. The van der Waals surface area contributed by atoms with E-state index in [2.05, 4.69) is 55.4 Å². The molecule has 0 amide bonds. The van der Waals surface area contributed by atoms with E-state index in [9.17, 15) is 0 Å². The fourth-order valence-corrected chi connectivity index (χ4v) is 0.999. The monoisotopic (exact) mass is 326 g/mol. The van der Waals surface area contributed by atoms with Crippen LogP contribution in [0, 0.1) is 23.7 Å². The van der Waals surface area contributed by atoms with E-state index < -0.39 is 0 Å². The maximum Gasteiger partial charge on any atom is -0.0388 e. The average molecular weight is 327 g/mol. The fraction of sp³-hybridized carbons (Fsp3) is 1.00. The molecule has 0 nitrogen and oxygen atoms in total. The van der Waals surface area contributed by atoms with Gasteiger partial charge < -0.3 is 0 Å². The van der Waals surface area contributed by atoms with E-state index in [0.717, 1.165) is 23.7 Å². The third kappa shape index (κ3) is 31.2. The average Bonchev–Trinajstić information content (AvgIpc) is 3.13. The van der Waals surface area contributed by atoms with Gasteiger partial charge in [-0.25, -0.2) is 0 Å². The van der Waals surface area contributed by atoms with Crippen molar-refractivity contribution in [3.63, 3.8) is 0 Å². The highest BCUT2D eigenvalue weighted by Crippen LogP contribution is 2.37. The Morgan fingerprint density at radius 1 is 0.700 bits per heavy atom. The van der Waals surface area contributed by atoms with Gasteiger partial charge in [-0.3, -0.25) is 0 Å². The van der Waals surface area contributed by atoms with Gasteiger partial charge in [-0.1, -0.05) is 82.1 Å². The van der Waals surface area contributed by atoms with E-state index in [-0.39, 0.29) is 34.4 Å². The lowest BCUT2D eigenvalue weighted by Crippen LogP contribution is -1.91. The molecule has 0 aromatic rings. The fourth-order valence-electron chi connectivity index (χ4n) is 0.999. The van der Waals surface area contributed by atoms with E-state index in [1.54, 1.807) is 0 Å². The molecule has 1 fully saturated rings. The standard InChI is InChI=1S/C7H14.2C5H12.CH4.2H2S/c1-3-6(2)7-4-5-7;2*1-4-5(2)3;;;/h6-7H,3-5H2,1-2H3;2*5H,4H2,1-3H3;1H4;2*1H2/t6-;;;;;/m1...../s1. The Morgan fingerprint density at radius 2 is 0.950 bits per heavy atom. The first kappa shape index (κ1) is 32.6. The Labute approximate surface area is 145 Å². The Morgan fingerprint density at radius 3 is 1.00 bits per heavy atom. The number of rotatable bonds is 4. The lowest BCUT2D eigenvalue weighted by molar-refractivity contribution is 0.493. The van der Waals surface area contributed by atoms with Crippen LogP contribution in [0.25, 0.3) is 0 Å². The third-order valence-corrected chi connectivity index (χ3v) is 3.70. The second-order valence-electron chi connectivity index (χ2n) is 6.33. The zero-order valence-electron chi connectivity index (χ0n) is 14.8. The van der Waals surface area contributed by atoms with Crippen molar-refractivity contribution in [1.29, 1.82) is 0 Å². The molecule has 20 heavy (non-hydrogen) atoms. The van der Waals surface area contributed by atoms with Crippen LogP contribution in [-0.2, 0) is 0 Å². The minimum absolute atomic E-state index is 0. The zero-order valence-corrected chi connectivity index (χ0v) is 16.8. The van der Waals surface area contributed by atoms with Crippen LogP contribution in [0.1, 0.15) is 94.9 Å². The summed E-state index contributed by atoms with van der Waals surface area (Å²) in [6, 6.07) is 0. The van der Waals surface area contributed by atoms with Crippen molar-refractivity contribution in [2.24, 2.45) is 23.7 Å². The first-order valence-electron chi connectivity index (χ1n) is 7.88. The van der Waals surface area contributed by atoms with Crippen LogP contribution < -0.4 is 0 Å². The molecule has 1 aliphatic rings. The van der Waals surface area contributed by atoms with Crippen molar-refractivity contribution in [3.05, 3.63) is 0 Å². The highest BCUT2D eigenvalue weighted by atomic mass is 32.1. The zero-order chi connectivity index (χ0) is 13.8. The van der Waals surface area contributed by atoms with Crippen molar-refractivity contribution in [2.75, 3.05) is 0 Å². The summed E-state index contributed by atoms with van der Waals surface area (Å²) in [7, 11) is 0. The molecule has 0 unspecified atom stereocenters. The van der Waals surface area contributed by atoms with Gasteiger partial charge in [0.1, 0.15) is 0 Å². The molecule has 0 bridgehead atoms.